The molecule has 2 N–H and O–H groups in total. The molecule has 2 heterocycles. The second-order valence-corrected chi connectivity index (χ2v) is 6.62. The number of anilines is 2. The Labute approximate surface area is 154 Å². The number of fused-ring (bicyclic) bond motifs is 1. The van der Waals surface area contributed by atoms with Gasteiger partial charge >= 0.3 is 6.05 Å². The second kappa shape index (κ2) is 6.15. The van der Waals surface area contributed by atoms with Crippen LogP contribution in [0.1, 0.15) is 35.8 Å². The summed E-state index contributed by atoms with van der Waals surface area (Å²) in [5.74, 6) is -0.0926. The minimum absolute atomic E-state index is 0.0433. The lowest BCUT2D eigenvalue weighted by Gasteiger charge is -2.13. The van der Waals surface area contributed by atoms with Crippen molar-refractivity contribution in [1.82, 2.24) is 20.1 Å². The van der Waals surface area contributed by atoms with E-state index in [2.05, 4.69) is 15.5 Å². The Morgan fingerprint density at radius 3 is 2.74 bits per heavy atom. The molecule has 0 atom stereocenters. The van der Waals surface area contributed by atoms with E-state index in [1.54, 1.807) is 23.8 Å². The van der Waals surface area contributed by atoms with E-state index in [1.165, 1.54) is 12.1 Å². The zero-order chi connectivity index (χ0) is 19.2. The van der Waals surface area contributed by atoms with Crippen LogP contribution in [0.2, 0.25) is 0 Å². The Morgan fingerprint density at radius 2 is 1.96 bits per heavy atom. The van der Waals surface area contributed by atoms with Crippen LogP contribution in [0.25, 0.3) is 11.4 Å². The maximum atomic E-state index is 13.9. The normalized spacial score (nSPS) is 14.9. The first-order valence-electron chi connectivity index (χ1n) is 8.47. The van der Waals surface area contributed by atoms with Gasteiger partial charge in [0.05, 0.1) is 16.8 Å². The van der Waals surface area contributed by atoms with Gasteiger partial charge in [0.15, 0.2) is 5.82 Å². The smallest absolute Gasteiger partial charge is 0.353 e. The largest absolute Gasteiger partial charge is 0.355 e. The number of benzene rings is 2. The Kier molecular flexibility index (Phi) is 3.91. The van der Waals surface area contributed by atoms with E-state index in [-0.39, 0.29) is 17.2 Å². The molecule has 0 unspecified atom stereocenters. The predicted octanol–water partition coefficient (Wildman–Crippen LogP) is 4.06. The molecule has 27 heavy (non-hydrogen) atoms. The predicted molar refractivity (Wildman–Crippen MR) is 96.9 cm³/mol. The number of amides is 1. The molecular weight excluding hydrogens is 352 g/mol. The molecule has 1 aliphatic heterocycles. The molecule has 0 spiro atoms. The van der Waals surface area contributed by atoms with Gasteiger partial charge in [-0.3, -0.25) is 10.1 Å². The molecule has 6 nitrogen and oxygen atoms in total. The topological polar surface area (TPSA) is 71.8 Å². The summed E-state index contributed by atoms with van der Waals surface area (Å²) in [5, 5.41) is 12.9. The standard InChI is InChI=1S/C19H17F2N5O/c1-11(2)26-10-22-25-17(26)12-5-3-6-13(9-12)23-15-8-4-7-14-16(15)18(27)24-19(14,20)21/h3-11,23H,1-2H3,(H,24,27). The van der Waals surface area contributed by atoms with Gasteiger partial charge < -0.3 is 9.88 Å². The van der Waals surface area contributed by atoms with Gasteiger partial charge in [-0.2, -0.15) is 8.78 Å². The fraction of sp³-hybridized carbons (Fsp3) is 0.211. The Morgan fingerprint density at radius 1 is 1.19 bits per heavy atom. The van der Waals surface area contributed by atoms with Gasteiger partial charge in [0.25, 0.3) is 5.91 Å². The molecular formula is C19H17F2N5O. The summed E-state index contributed by atoms with van der Waals surface area (Å²) in [5.41, 5.74) is 1.44. The average molecular weight is 369 g/mol. The van der Waals surface area contributed by atoms with Crippen LogP contribution >= 0.6 is 0 Å². The number of carbonyl (C=O) groups is 1. The SMILES string of the molecule is CC(C)n1cnnc1-c1cccc(Nc2cccc3c2C(=O)NC3(F)F)c1. The molecule has 4 rings (SSSR count). The Bertz CT molecular complexity index is 1030. The number of aromatic nitrogens is 3. The number of nitrogens with one attached hydrogen (secondary N) is 2. The highest BCUT2D eigenvalue weighted by Gasteiger charge is 2.45. The molecule has 0 bridgehead atoms. The van der Waals surface area contributed by atoms with Crippen LogP contribution in [-0.4, -0.2) is 20.7 Å². The molecule has 1 aliphatic rings. The third-order valence-electron chi connectivity index (χ3n) is 4.43. The Balaban J connectivity index is 1.71. The summed E-state index contributed by atoms with van der Waals surface area (Å²) in [4.78, 5) is 12.0. The number of nitrogens with zero attached hydrogens (tertiary/aromatic N) is 3. The monoisotopic (exact) mass is 369 g/mol. The third-order valence-corrected chi connectivity index (χ3v) is 4.43. The quantitative estimate of drug-likeness (QED) is 0.680. The zero-order valence-electron chi connectivity index (χ0n) is 14.7. The molecule has 0 saturated heterocycles. The van der Waals surface area contributed by atoms with Gasteiger partial charge in [0, 0.05) is 17.3 Å². The molecule has 0 fully saturated rings. The van der Waals surface area contributed by atoms with Crippen LogP contribution in [0.5, 0.6) is 0 Å². The molecule has 8 heteroatoms. The number of alkyl halides is 2. The molecule has 2 aromatic carbocycles. The molecule has 1 amide bonds. The van der Waals surface area contributed by atoms with E-state index < -0.39 is 12.0 Å². The molecule has 138 valence electrons. The number of hydrogen-bond donors (Lipinski definition) is 2. The summed E-state index contributed by atoms with van der Waals surface area (Å²) in [6.45, 7) is 4.06. The minimum Gasteiger partial charge on any atom is -0.355 e. The first-order valence-corrected chi connectivity index (χ1v) is 8.47. The van der Waals surface area contributed by atoms with Crippen LogP contribution in [0, 0.1) is 0 Å². The van der Waals surface area contributed by atoms with Crippen LogP contribution in [0.4, 0.5) is 20.2 Å². The summed E-state index contributed by atoms with van der Waals surface area (Å²) in [6, 6.07) is 8.53. The van der Waals surface area contributed by atoms with Crippen molar-refractivity contribution >= 4 is 17.3 Å². The van der Waals surface area contributed by atoms with Crippen molar-refractivity contribution < 1.29 is 13.6 Å². The fourth-order valence-electron chi connectivity index (χ4n) is 3.15. The van der Waals surface area contributed by atoms with E-state index in [0.717, 1.165) is 5.56 Å². The van der Waals surface area contributed by atoms with Crippen molar-refractivity contribution in [3.05, 3.63) is 59.9 Å². The lowest BCUT2D eigenvalue weighted by atomic mass is 10.1. The number of rotatable bonds is 4. The van der Waals surface area contributed by atoms with Crippen LogP contribution < -0.4 is 10.6 Å². The number of carbonyl (C=O) groups excluding carboxylic acids is 1. The van der Waals surface area contributed by atoms with Gasteiger partial charge in [0.1, 0.15) is 6.33 Å². The molecule has 0 saturated carbocycles. The van der Waals surface area contributed by atoms with Crippen LogP contribution in [-0.2, 0) is 6.05 Å². The van der Waals surface area contributed by atoms with E-state index >= 15 is 0 Å². The van der Waals surface area contributed by atoms with Gasteiger partial charge in [-0.15, -0.1) is 10.2 Å². The lowest BCUT2D eigenvalue weighted by molar-refractivity contribution is -0.0241. The van der Waals surface area contributed by atoms with Crippen molar-refractivity contribution in [3.63, 3.8) is 0 Å². The highest BCUT2D eigenvalue weighted by Crippen LogP contribution is 2.38. The van der Waals surface area contributed by atoms with Crippen molar-refractivity contribution in [2.45, 2.75) is 25.9 Å². The minimum atomic E-state index is -3.36. The van der Waals surface area contributed by atoms with Gasteiger partial charge in [-0.05, 0) is 38.1 Å². The van der Waals surface area contributed by atoms with Crippen LogP contribution in [0.3, 0.4) is 0 Å². The lowest BCUT2D eigenvalue weighted by Crippen LogP contribution is -2.29. The number of halogens is 2. The number of hydrogen-bond acceptors (Lipinski definition) is 4. The zero-order valence-corrected chi connectivity index (χ0v) is 14.7. The van der Waals surface area contributed by atoms with E-state index in [1.807, 2.05) is 36.6 Å². The molecule has 3 aromatic rings. The molecule has 0 radical (unpaired) electrons. The van der Waals surface area contributed by atoms with Gasteiger partial charge in [-0.1, -0.05) is 18.2 Å². The fourth-order valence-corrected chi connectivity index (χ4v) is 3.15. The summed E-state index contributed by atoms with van der Waals surface area (Å²) >= 11 is 0. The van der Waals surface area contributed by atoms with Gasteiger partial charge in [0.2, 0.25) is 0 Å². The van der Waals surface area contributed by atoms with Gasteiger partial charge in [-0.25, -0.2) is 0 Å². The average Bonchev–Trinajstić information content (AvgIpc) is 3.19. The summed E-state index contributed by atoms with van der Waals surface area (Å²) < 4.78 is 29.7. The Hall–Kier alpha value is -3.29. The van der Waals surface area contributed by atoms with E-state index in [0.29, 0.717) is 17.2 Å². The molecule has 1 aromatic heterocycles. The molecule has 0 aliphatic carbocycles. The van der Waals surface area contributed by atoms with E-state index in [9.17, 15) is 13.6 Å². The first-order chi connectivity index (χ1) is 12.9. The highest BCUT2D eigenvalue weighted by atomic mass is 19.3. The highest BCUT2D eigenvalue weighted by molar-refractivity contribution is 6.05. The third kappa shape index (κ3) is 2.92. The summed E-state index contributed by atoms with van der Waals surface area (Å²) in [7, 11) is 0. The van der Waals surface area contributed by atoms with E-state index in [4.69, 9.17) is 0 Å². The van der Waals surface area contributed by atoms with Crippen LogP contribution in [0.15, 0.2) is 48.8 Å². The van der Waals surface area contributed by atoms with Crippen molar-refractivity contribution in [1.29, 1.82) is 0 Å². The maximum absolute atomic E-state index is 13.9. The first kappa shape index (κ1) is 17.1. The van der Waals surface area contributed by atoms with Crippen molar-refractivity contribution in [2.24, 2.45) is 0 Å². The summed E-state index contributed by atoms with van der Waals surface area (Å²) in [6.07, 6.45) is 1.66. The maximum Gasteiger partial charge on any atom is 0.353 e. The second-order valence-electron chi connectivity index (χ2n) is 6.62. The van der Waals surface area contributed by atoms with Crippen molar-refractivity contribution in [3.8, 4) is 11.4 Å². The van der Waals surface area contributed by atoms with Crippen molar-refractivity contribution in [2.75, 3.05) is 5.32 Å².